The second-order valence-corrected chi connectivity index (χ2v) is 7.82. The Morgan fingerprint density at radius 2 is 2.04 bits per heavy atom. The molecule has 1 saturated heterocycles. The molecule has 0 spiro atoms. The molecule has 1 aliphatic heterocycles. The summed E-state index contributed by atoms with van der Waals surface area (Å²) in [6.07, 6.45) is 0. The van der Waals surface area contributed by atoms with Crippen LogP contribution in [0.2, 0.25) is 5.02 Å². The number of hydrogen-bond donors (Lipinski definition) is 0. The second-order valence-electron chi connectivity index (χ2n) is 5.31. The molecule has 1 amide bonds. The van der Waals surface area contributed by atoms with Gasteiger partial charge >= 0.3 is 0 Å². The highest BCUT2D eigenvalue weighted by molar-refractivity contribution is 8.00. The van der Waals surface area contributed by atoms with E-state index in [1.165, 1.54) is 11.3 Å². The summed E-state index contributed by atoms with van der Waals surface area (Å²) in [4.78, 5) is 18.9. The average Bonchev–Trinajstić information content (AvgIpc) is 3.17. The zero-order valence-corrected chi connectivity index (χ0v) is 15.1. The Hall–Kier alpha value is -1.76. The minimum Gasteiger partial charge on any atom is -0.497 e. The van der Waals surface area contributed by atoms with Crippen LogP contribution in [0.15, 0.2) is 42.5 Å². The van der Waals surface area contributed by atoms with Crippen molar-refractivity contribution in [3.63, 3.8) is 0 Å². The smallest absolute Gasteiger partial charge is 0.240 e. The van der Waals surface area contributed by atoms with Crippen LogP contribution in [-0.4, -0.2) is 23.8 Å². The Labute approximate surface area is 152 Å². The summed E-state index contributed by atoms with van der Waals surface area (Å²) < 4.78 is 6.27. The molecular formula is C17H13ClN2O2S2. The van der Waals surface area contributed by atoms with Gasteiger partial charge in [0.15, 0.2) is 5.13 Å². The van der Waals surface area contributed by atoms with Crippen LogP contribution in [0.3, 0.4) is 0 Å². The van der Waals surface area contributed by atoms with Crippen molar-refractivity contribution in [3.8, 4) is 5.75 Å². The number of fused-ring (bicyclic) bond motifs is 1. The van der Waals surface area contributed by atoms with E-state index >= 15 is 0 Å². The molecule has 2 aromatic carbocycles. The van der Waals surface area contributed by atoms with Crippen molar-refractivity contribution in [2.24, 2.45) is 0 Å². The van der Waals surface area contributed by atoms with Gasteiger partial charge in [0, 0.05) is 5.02 Å². The number of hydrogen-bond acceptors (Lipinski definition) is 5. The van der Waals surface area contributed by atoms with Crippen LogP contribution >= 0.6 is 34.7 Å². The molecule has 3 aromatic rings. The van der Waals surface area contributed by atoms with Crippen LogP contribution in [0.25, 0.3) is 10.2 Å². The van der Waals surface area contributed by atoms with Gasteiger partial charge in [0.2, 0.25) is 5.91 Å². The molecular weight excluding hydrogens is 364 g/mol. The Kier molecular flexibility index (Phi) is 4.12. The van der Waals surface area contributed by atoms with E-state index in [4.69, 9.17) is 16.3 Å². The first kappa shape index (κ1) is 15.7. The summed E-state index contributed by atoms with van der Waals surface area (Å²) in [6.45, 7) is 0. The fourth-order valence-electron chi connectivity index (χ4n) is 2.63. The molecule has 0 bridgehead atoms. The highest BCUT2D eigenvalue weighted by Crippen LogP contribution is 2.44. The molecule has 1 atom stereocenters. The van der Waals surface area contributed by atoms with Crippen molar-refractivity contribution < 1.29 is 9.53 Å². The van der Waals surface area contributed by atoms with Crippen LogP contribution in [-0.2, 0) is 4.79 Å². The van der Waals surface area contributed by atoms with Gasteiger partial charge in [0.05, 0.1) is 23.1 Å². The van der Waals surface area contributed by atoms with Gasteiger partial charge in [0.1, 0.15) is 11.1 Å². The van der Waals surface area contributed by atoms with Gasteiger partial charge in [-0.25, -0.2) is 4.98 Å². The number of halogens is 1. The zero-order valence-electron chi connectivity index (χ0n) is 12.7. The van der Waals surface area contributed by atoms with Crippen molar-refractivity contribution in [3.05, 3.63) is 53.1 Å². The van der Waals surface area contributed by atoms with Crippen LogP contribution in [0.5, 0.6) is 5.75 Å². The highest BCUT2D eigenvalue weighted by atomic mass is 35.5. The summed E-state index contributed by atoms with van der Waals surface area (Å²) in [6, 6.07) is 13.4. The number of methoxy groups -OCH3 is 1. The van der Waals surface area contributed by atoms with E-state index in [0.29, 0.717) is 15.9 Å². The molecule has 4 rings (SSSR count). The molecule has 0 saturated carbocycles. The van der Waals surface area contributed by atoms with Gasteiger partial charge in [-0.3, -0.25) is 9.69 Å². The topological polar surface area (TPSA) is 42.4 Å². The van der Waals surface area contributed by atoms with Crippen molar-refractivity contribution in [2.45, 2.75) is 5.37 Å². The third-order valence-electron chi connectivity index (χ3n) is 3.81. The molecule has 1 aromatic heterocycles. The number of thiazole rings is 1. The van der Waals surface area contributed by atoms with Crippen molar-refractivity contribution >= 4 is 56.0 Å². The number of rotatable bonds is 3. The first-order chi connectivity index (χ1) is 11.7. The Morgan fingerprint density at radius 1 is 1.25 bits per heavy atom. The van der Waals surface area contributed by atoms with Crippen molar-refractivity contribution in [1.82, 2.24) is 4.98 Å². The summed E-state index contributed by atoms with van der Waals surface area (Å²) in [5, 5.41) is 1.33. The third kappa shape index (κ3) is 2.75. The number of amides is 1. The van der Waals surface area contributed by atoms with Crippen LogP contribution < -0.4 is 9.64 Å². The Balaban J connectivity index is 1.74. The van der Waals surface area contributed by atoms with Crippen LogP contribution in [0, 0.1) is 0 Å². The summed E-state index contributed by atoms with van der Waals surface area (Å²) >= 11 is 9.08. The molecule has 2 heterocycles. The average molecular weight is 377 g/mol. The number of carbonyl (C=O) groups excluding carboxylic acids is 1. The zero-order chi connectivity index (χ0) is 16.7. The second kappa shape index (κ2) is 6.27. The standard InChI is InChI=1S/C17H13ClN2O2S2/c1-22-12-6-7-13-14(8-12)24-17(19-13)20-15(21)9-23-16(20)10-2-4-11(18)5-3-10/h2-8,16H,9H2,1H3. The lowest BCUT2D eigenvalue weighted by Gasteiger charge is -2.21. The number of aromatic nitrogens is 1. The van der Waals surface area contributed by atoms with Gasteiger partial charge in [-0.1, -0.05) is 35.1 Å². The van der Waals surface area contributed by atoms with Gasteiger partial charge in [-0.2, -0.15) is 0 Å². The molecule has 1 fully saturated rings. The monoisotopic (exact) mass is 376 g/mol. The molecule has 0 aliphatic carbocycles. The maximum atomic E-state index is 12.4. The van der Waals surface area contributed by atoms with Gasteiger partial charge in [-0.05, 0) is 35.9 Å². The lowest BCUT2D eigenvalue weighted by molar-refractivity contribution is -0.115. The molecule has 7 heteroatoms. The maximum absolute atomic E-state index is 12.4. The minimum absolute atomic E-state index is 0.0720. The van der Waals surface area contributed by atoms with Gasteiger partial charge in [-0.15, -0.1) is 11.8 Å². The summed E-state index contributed by atoms with van der Waals surface area (Å²) in [5.41, 5.74) is 1.92. The van der Waals surface area contributed by atoms with E-state index in [9.17, 15) is 4.79 Å². The number of thioether (sulfide) groups is 1. The predicted octanol–water partition coefficient (Wildman–Crippen LogP) is 4.74. The summed E-state index contributed by atoms with van der Waals surface area (Å²) in [7, 11) is 1.64. The van der Waals surface area contributed by atoms with Gasteiger partial charge < -0.3 is 4.74 Å². The first-order valence-electron chi connectivity index (χ1n) is 7.29. The Morgan fingerprint density at radius 3 is 2.79 bits per heavy atom. The quantitative estimate of drug-likeness (QED) is 0.662. The normalized spacial score (nSPS) is 17.7. The number of carbonyl (C=O) groups is 1. The molecule has 0 N–H and O–H groups in total. The fraction of sp³-hybridized carbons (Fsp3) is 0.176. The lowest BCUT2D eigenvalue weighted by atomic mass is 10.2. The number of benzene rings is 2. The van der Waals surface area contributed by atoms with E-state index in [1.807, 2.05) is 42.5 Å². The molecule has 122 valence electrons. The van der Waals surface area contributed by atoms with E-state index < -0.39 is 0 Å². The van der Waals surface area contributed by atoms with E-state index in [-0.39, 0.29) is 11.3 Å². The van der Waals surface area contributed by atoms with Crippen molar-refractivity contribution in [1.29, 1.82) is 0 Å². The number of ether oxygens (including phenoxy) is 1. The largest absolute Gasteiger partial charge is 0.497 e. The highest BCUT2D eigenvalue weighted by Gasteiger charge is 2.36. The predicted molar refractivity (Wildman–Crippen MR) is 100 cm³/mol. The van der Waals surface area contributed by atoms with E-state index in [0.717, 1.165) is 21.5 Å². The fourth-order valence-corrected chi connectivity index (χ4v) is 5.02. The maximum Gasteiger partial charge on any atom is 0.240 e. The third-order valence-corrected chi connectivity index (χ3v) is 6.30. The SMILES string of the molecule is COc1ccc2nc(N3C(=O)CSC3c3ccc(Cl)cc3)sc2c1. The molecule has 4 nitrogen and oxygen atoms in total. The molecule has 24 heavy (non-hydrogen) atoms. The lowest BCUT2D eigenvalue weighted by Crippen LogP contribution is -2.27. The minimum atomic E-state index is -0.0720. The van der Waals surface area contributed by atoms with E-state index in [2.05, 4.69) is 4.98 Å². The van der Waals surface area contributed by atoms with E-state index in [1.54, 1.807) is 23.8 Å². The van der Waals surface area contributed by atoms with Crippen molar-refractivity contribution in [2.75, 3.05) is 17.8 Å². The number of anilines is 1. The summed E-state index contributed by atoms with van der Waals surface area (Å²) in [5.74, 6) is 1.31. The van der Waals surface area contributed by atoms with Crippen LogP contribution in [0.4, 0.5) is 5.13 Å². The van der Waals surface area contributed by atoms with Gasteiger partial charge in [0.25, 0.3) is 0 Å². The molecule has 1 aliphatic rings. The molecule has 0 radical (unpaired) electrons. The van der Waals surface area contributed by atoms with Crippen LogP contribution in [0.1, 0.15) is 10.9 Å². The molecule has 1 unspecified atom stereocenters. The Bertz CT molecular complexity index is 911. The first-order valence-corrected chi connectivity index (χ1v) is 9.54. The number of nitrogens with zero attached hydrogens (tertiary/aromatic N) is 2.